The van der Waals surface area contributed by atoms with Gasteiger partial charge in [-0.3, -0.25) is 9.59 Å². The molecule has 0 aromatic heterocycles. The lowest BCUT2D eigenvalue weighted by Crippen LogP contribution is -2.43. The van der Waals surface area contributed by atoms with Crippen LogP contribution in [0.4, 0.5) is 0 Å². The molecule has 1 heterocycles. The molecule has 0 saturated carbocycles. The Morgan fingerprint density at radius 1 is 1.35 bits per heavy atom. The van der Waals surface area contributed by atoms with E-state index in [1.54, 1.807) is 4.90 Å². The Kier molecular flexibility index (Phi) is 4.77. The molecule has 1 fully saturated rings. The Morgan fingerprint density at radius 3 is 2.80 bits per heavy atom. The summed E-state index contributed by atoms with van der Waals surface area (Å²) in [5.41, 5.74) is 2.18. The van der Waals surface area contributed by atoms with E-state index in [4.69, 9.17) is 4.74 Å². The van der Waals surface area contributed by atoms with Crippen LogP contribution in [0.2, 0.25) is 0 Å². The number of carbonyl (C=O) groups is 2. The number of amides is 1. The van der Waals surface area contributed by atoms with Crippen LogP contribution in [-0.2, 0) is 20.7 Å². The third-order valence-electron chi connectivity index (χ3n) is 3.91. The second-order valence-corrected chi connectivity index (χ2v) is 5.31. The van der Waals surface area contributed by atoms with Crippen LogP contribution in [0.5, 0.6) is 0 Å². The molecule has 1 aliphatic rings. The van der Waals surface area contributed by atoms with Gasteiger partial charge in [0.2, 0.25) is 5.91 Å². The number of benzene rings is 1. The van der Waals surface area contributed by atoms with Crippen LogP contribution < -0.4 is 0 Å². The quantitative estimate of drug-likeness (QED) is 0.792. The molecular weight excluding hydrogens is 254 g/mol. The molecule has 0 bridgehead atoms. The van der Waals surface area contributed by atoms with Crippen LogP contribution in [0.1, 0.15) is 24.0 Å². The second kappa shape index (κ2) is 6.55. The third kappa shape index (κ3) is 3.38. The molecule has 1 atom stereocenters. The number of methoxy groups -OCH3 is 1. The molecule has 1 aromatic rings. The zero-order chi connectivity index (χ0) is 14.5. The van der Waals surface area contributed by atoms with E-state index in [1.165, 1.54) is 7.11 Å². The van der Waals surface area contributed by atoms with E-state index in [0.29, 0.717) is 13.0 Å². The van der Waals surface area contributed by atoms with E-state index >= 15 is 0 Å². The van der Waals surface area contributed by atoms with Crippen LogP contribution >= 0.6 is 0 Å². The molecule has 4 heteroatoms. The normalized spacial score (nSPS) is 18.7. The third-order valence-corrected chi connectivity index (χ3v) is 3.91. The number of piperidine rings is 1. The van der Waals surface area contributed by atoms with Crippen molar-refractivity contribution in [2.24, 2.45) is 5.92 Å². The number of hydrogen-bond acceptors (Lipinski definition) is 3. The van der Waals surface area contributed by atoms with Gasteiger partial charge in [-0.2, -0.15) is 0 Å². The summed E-state index contributed by atoms with van der Waals surface area (Å²) in [5, 5.41) is 0. The van der Waals surface area contributed by atoms with Gasteiger partial charge in [-0.1, -0.05) is 24.3 Å². The van der Waals surface area contributed by atoms with E-state index in [1.807, 2.05) is 31.2 Å². The van der Waals surface area contributed by atoms with Crippen molar-refractivity contribution in [2.45, 2.75) is 26.2 Å². The van der Waals surface area contributed by atoms with Gasteiger partial charge in [0.1, 0.15) is 0 Å². The molecule has 1 saturated heterocycles. The fourth-order valence-corrected chi connectivity index (χ4v) is 2.65. The number of hydrogen-bond donors (Lipinski definition) is 0. The van der Waals surface area contributed by atoms with E-state index in [2.05, 4.69) is 0 Å². The van der Waals surface area contributed by atoms with Crippen molar-refractivity contribution in [3.63, 3.8) is 0 Å². The summed E-state index contributed by atoms with van der Waals surface area (Å²) >= 11 is 0. The first-order valence-electron chi connectivity index (χ1n) is 7.02. The van der Waals surface area contributed by atoms with Gasteiger partial charge in [0.25, 0.3) is 0 Å². The van der Waals surface area contributed by atoms with Crippen molar-refractivity contribution >= 4 is 11.9 Å². The standard InChI is InChI=1S/C16H21NO3/c1-12-6-3-4-7-13(12)10-15(18)17-9-5-8-14(11-17)16(19)20-2/h3-4,6-7,14H,5,8-11H2,1-2H3. The lowest BCUT2D eigenvalue weighted by molar-refractivity contribution is -0.148. The minimum Gasteiger partial charge on any atom is -0.469 e. The maximum Gasteiger partial charge on any atom is 0.310 e. The van der Waals surface area contributed by atoms with Gasteiger partial charge in [-0.25, -0.2) is 0 Å². The summed E-state index contributed by atoms with van der Waals surface area (Å²) < 4.78 is 4.78. The largest absolute Gasteiger partial charge is 0.469 e. The van der Waals surface area contributed by atoms with Crippen LogP contribution in [0.25, 0.3) is 0 Å². The zero-order valence-corrected chi connectivity index (χ0v) is 12.1. The highest BCUT2D eigenvalue weighted by atomic mass is 16.5. The maximum atomic E-state index is 12.4. The minimum absolute atomic E-state index is 0.0907. The van der Waals surface area contributed by atoms with Crippen molar-refractivity contribution in [1.29, 1.82) is 0 Å². The summed E-state index contributed by atoms with van der Waals surface area (Å²) in [6, 6.07) is 7.91. The van der Waals surface area contributed by atoms with E-state index in [9.17, 15) is 9.59 Å². The van der Waals surface area contributed by atoms with Crippen molar-refractivity contribution in [3.8, 4) is 0 Å². The summed E-state index contributed by atoms with van der Waals surface area (Å²) in [4.78, 5) is 25.7. The highest BCUT2D eigenvalue weighted by Crippen LogP contribution is 2.19. The first kappa shape index (κ1) is 14.6. The monoisotopic (exact) mass is 275 g/mol. The molecule has 108 valence electrons. The summed E-state index contributed by atoms with van der Waals surface area (Å²) in [5.74, 6) is -0.291. The molecule has 1 unspecified atom stereocenters. The molecular formula is C16H21NO3. The highest BCUT2D eigenvalue weighted by Gasteiger charge is 2.28. The van der Waals surface area contributed by atoms with Gasteiger partial charge in [0.05, 0.1) is 19.4 Å². The fraction of sp³-hybridized carbons (Fsp3) is 0.500. The van der Waals surface area contributed by atoms with Crippen LogP contribution in [0.3, 0.4) is 0 Å². The Bertz CT molecular complexity index is 498. The van der Waals surface area contributed by atoms with Gasteiger partial charge >= 0.3 is 5.97 Å². The van der Waals surface area contributed by atoms with Crippen molar-refractivity contribution < 1.29 is 14.3 Å². The average Bonchev–Trinajstić information content (AvgIpc) is 2.49. The molecule has 20 heavy (non-hydrogen) atoms. The first-order chi connectivity index (χ1) is 9.61. The van der Waals surface area contributed by atoms with Crippen LogP contribution in [0.15, 0.2) is 24.3 Å². The van der Waals surface area contributed by atoms with Gasteiger partial charge in [0, 0.05) is 13.1 Å². The molecule has 4 nitrogen and oxygen atoms in total. The number of ether oxygens (including phenoxy) is 1. The van der Waals surface area contributed by atoms with Gasteiger partial charge in [0.15, 0.2) is 0 Å². The van der Waals surface area contributed by atoms with Crippen LogP contribution in [-0.4, -0.2) is 37.0 Å². The van der Waals surface area contributed by atoms with Gasteiger partial charge in [-0.05, 0) is 30.9 Å². The van der Waals surface area contributed by atoms with Crippen LogP contribution in [0, 0.1) is 12.8 Å². The van der Waals surface area contributed by atoms with Crippen molar-refractivity contribution in [2.75, 3.05) is 20.2 Å². The minimum atomic E-state index is -0.210. The number of esters is 1. The second-order valence-electron chi connectivity index (χ2n) is 5.31. The highest BCUT2D eigenvalue weighted by molar-refractivity contribution is 5.80. The molecule has 0 N–H and O–H groups in total. The zero-order valence-electron chi connectivity index (χ0n) is 12.1. The number of rotatable bonds is 3. The Hall–Kier alpha value is -1.84. The Labute approximate surface area is 119 Å². The number of likely N-dealkylation sites (tertiary alicyclic amines) is 1. The lowest BCUT2D eigenvalue weighted by Gasteiger charge is -2.31. The van der Waals surface area contributed by atoms with Gasteiger partial charge in [-0.15, -0.1) is 0 Å². The molecule has 1 aromatic carbocycles. The molecule has 0 aliphatic carbocycles. The number of nitrogens with zero attached hydrogens (tertiary/aromatic N) is 1. The SMILES string of the molecule is COC(=O)C1CCCN(C(=O)Cc2ccccc2C)C1. The average molecular weight is 275 g/mol. The lowest BCUT2D eigenvalue weighted by atomic mass is 9.97. The molecule has 0 spiro atoms. The smallest absolute Gasteiger partial charge is 0.310 e. The molecule has 1 aliphatic heterocycles. The van der Waals surface area contributed by atoms with Gasteiger partial charge < -0.3 is 9.64 Å². The van der Waals surface area contributed by atoms with Crippen molar-refractivity contribution in [3.05, 3.63) is 35.4 Å². The molecule has 2 rings (SSSR count). The predicted octanol–water partition coefficient (Wildman–Crippen LogP) is 1.95. The number of carbonyl (C=O) groups excluding carboxylic acids is 2. The Morgan fingerprint density at radius 2 is 2.10 bits per heavy atom. The fourth-order valence-electron chi connectivity index (χ4n) is 2.65. The Balaban J connectivity index is 1.99. The first-order valence-corrected chi connectivity index (χ1v) is 7.02. The van der Waals surface area contributed by atoms with E-state index in [-0.39, 0.29) is 17.8 Å². The summed E-state index contributed by atoms with van der Waals surface area (Å²) in [6.07, 6.45) is 2.07. The predicted molar refractivity (Wildman–Crippen MR) is 76.2 cm³/mol. The van der Waals surface area contributed by atoms with Crippen molar-refractivity contribution in [1.82, 2.24) is 4.90 Å². The molecule has 1 amide bonds. The summed E-state index contributed by atoms with van der Waals surface area (Å²) in [6.45, 7) is 3.23. The van der Waals surface area contributed by atoms with E-state index in [0.717, 1.165) is 30.5 Å². The number of aryl methyl sites for hydroxylation is 1. The maximum absolute atomic E-state index is 12.4. The topological polar surface area (TPSA) is 46.6 Å². The summed E-state index contributed by atoms with van der Waals surface area (Å²) in [7, 11) is 1.40. The molecule has 0 radical (unpaired) electrons. The van der Waals surface area contributed by atoms with E-state index < -0.39 is 0 Å².